The van der Waals surface area contributed by atoms with Crippen LogP contribution in [0.5, 0.6) is 0 Å². The van der Waals surface area contributed by atoms with Gasteiger partial charge >= 0.3 is 7.82 Å². The van der Waals surface area contributed by atoms with Gasteiger partial charge in [-0.05, 0) is 19.4 Å². The third-order valence-corrected chi connectivity index (χ3v) is 7.42. The highest BCUT2D eigenvalue weighted by molar-refractivity contribution is 7.48. The Morgan fingerprint density at radius 2 is 2.18 bits per heavy atom. The van der Waals surface area contributed by atoms with Gasteiger partial charge in [0.15, 0.2) is 17.7 Å². The number of nitrogens with zero attached hydrogens (tertiary/aromatic N) is 5. The molecule has 2 saturated heterocycles. The lowest BCUT2D eigenvalue weighted by Gasteiger charge is -2.30. The molecule has 0 saturated carbocycles. The molecule has 0 bridgehead atoms. The van der Waals surface area contributed by atoms with Crippen molar-refractivity contribution in [2.75, 3.05) is 18.9 Å². The second-order valence-electron chi connectivity index (χ2n) is 8.54. The molecule has 0 aromatic carbocycles. The van der Waals surface area contributed by atoms with Crippen molar-refractivity contribution in [3.05, 3.63) is 42.2 Å². The number of imidazole rings is 1. The Kier molecular flexibility index (Phi) is 5.89. The highest BCUT2D eigenvalue weighted by atomic mass is 31.2. The molecule has 14 heteroatoms. The van der Waals surface area contributed by atoms with Crippen LogP contribution in [0.2, 0.25) is 0 Å². The summed E-state index contributed by atoms with van der Waals surface area (Å²) in [6.45, 7) is 3.12. The van der Waals surface area contributed by atoms with Crippen molar-refractivity contribution in [2.45, 2.75) is 50.4 Å². The van der Waals surface area contributed by atoms with Crippen LogP contribution in [-0.4, -0.2) is 65.7 Å². The Morgan fingerprint density at radius 1 is 1.35 bits per heavy atom. The average molecular weight is 492 g/mol. The maximum atomic E-state index is 13.1. The van der Waals surface area contributed by atoms with E-state index in [1.165, 1.54) is 24.1 Å². The Bertz CT molecular complexity index is 1250. The molecule has 4 N–H and O–H groups in total. The Balaban J connectivity index is 1.31. The van der Waals surface area contributed by atoms with E-state index < -0.39 is 38.0 Å². The molecule has 3 aromatic heterocycles. The largest absolute Gasteiger partial charge is 0.475 e. The number of phosphoric acid groups is 1. The molecule has 6 atom stereocenters. The average Bonchev–Trinajstić information content (AvgIpc) is 3.32. The predicted molar refractivity (Wildman–Crippen MR) is 117 cm³/mol. The maximum absolute atomic E-state index is 13.1. The minimum Gasteiger partial charge on any atom is -0.387 e. The lowest BCUT2D eigenvalue weighted by molar-refractivity contribution is -0.0953. The smallest absolute Gasteiger partial charge is 0.387 e. The van der Waals surface area contributed by atoms with Crippen LogP contribution in [0.4, 0.5) is 5.82 Å². The van der Waals surface area contributed by atoms with Gasteiger partial charge in [0.05, 0.1) is 25.6 Å². The van der Waals surface area contributed by atoms with Crippen LogP contribution in [0.3, 0.4) is 0 Å². The van der Waals surface area contributed by atoms with E-state index in [1.807, 2.05) is 13.0 Å². The first-order chi connectivity index (χ1) is 16.2. The Morgan fingerprint density at radius 3 is 2.97 bits per heavy atom. The molecule has 13 nitrogen and oxygen atoms in total. The van der Waals surface area contributed by atoms with Crippen molar-refractivity contribution >= 4 is 24.8 Å². The van der Waals surface area contributed by atoms with Crippen molar-refractivity contribution in [3.63, 3.8) is 0 Å². The quantitative estimate of drug-likeness (QED) is 0.437. The van der Waals surface area contributed by atoms with E-state index in [0.717, 1.165) is 11.1 Å². The number of aryl methyl sites for hydroxylation is 1. The molecule has 0 spiro atoms. The summed E-state index contributed by atoms with van der Waals surface area (Å²) in [4.78, 5) is 16.4. The number of hydrogen-bond donors (Lipinski definition) is 3. The molecule has 2 aliphatic rings. The number of aromatic nitrogens is 5. The minimum absolute atomic E-state index is 0.159. The number of nitrogen functional groups attached to an aromatic ring is 1. The van der Waals surface area contributed by atoms with Crippen LogP contribution in [0.25, 0.3) is 11.2 Å². The van der Waals surface area contributed by atoms with Crippen LogP contribution in [0, 0.1) is 6.92 Å². The first-order valence-corrected chi connectivity index (χ1v) is 12.1. The van der Waals surface area contributed by atoms with Gasteiger partial charge in [-0.15, -0.1) is 0 Å². The summed E-state index contributed by atoms with van der Waals surface area (Å²) in [7, 11) is -3.95. The van der Waals surface area contributed by atoms with E-state index >= 15 is 0 Å². The predicted octanol–water partition coefficient (Wildman–Crippen LogP) is 1.42. The summed E-state index contributed by atoms with van der Waals surface area (Å²) < 4.78 is 36.9. The number of fused-ring (bicyclic) bond motifs is 1. The highest BCUT2D eigenvalue weighted by Crippen LogP contribution is 2.57. The summed E-state index contributed by atoms with van der Waals surface area (Å²) in [6.07, 6.45) is 2.47. The van der Waals surface area contributed by atoms with Crippen LogP contribution in [0.15, 0.2) is 31.1 Å². The zero-order valence-electron chi connectivity index (χ0n) is 18.5. The van der Waals surface area contributed by atoms with E-state index in [2.05, 4.69) is 19.9 Å². The molecule has 0 aliphatic carbocycles. The fraction of sp³-hybridized carbons (Fsp3) is 0.500. The third-order valence-electron chi connectivity index (χ3n) is 5.94. The fourth-order valence-electron chi connectivity index (χ4n) is 4.14. The van der Waals surface area contributed by atoms with Crippen molar-refractivity contribution in [1.82, 2.24) is 24.5 Å². The van der Waals surface area contributed by atoms with Crippen LogP contribution in [-0.2, 0) is 22.9 Å². The molecule has 34 heavy (non-hydrogen) atoms. The summed E-state index contributed by atoms with van der Waals surface area (Å²) in [6, 6.07) is 1.89. The number of nitrogens with two attached hydrogens (primary N) is 1. The third kappa shape index (κ3) is 4.09. The molecule has 0 amide bonds. The number of aliphatic hydroxyl groups is 2. The molecule has 0 unspecified atom stereocenters. The molecule has 0 radical (unpaired) electrons. The normalized spacial score (nSPS) is 34.0. The molecule has 2 fully saturated rings. The summed E-state index contributed by atoms with van der Waals surface area (Å²) >= 11 is 0. The number of aliphatic hydroxyl groups excluding tert-OH is 1. The number of ether oxygens (including phenoxy) is 1. The van der Waals surface area contributed by atoms with E-state index in [4.69, 9.17) is 24.0 Å². The van der Waals surface area contributed by atoms with Crippen LogP contribution in [0.1, 0.15) is 36.8 Å². The summed E-state index contributed by atoms with van der Waals surface area (Å²) in [5, 5.41) is 21.8. The van der Waals surface area contributed by atoms with Crippen molar-refractivity contribution in [3.8, 4) is 0 Å². The second-order valence-corrected chi connectivity index (χ2v) is 10.2. The van der Waals surface area contributed by atoms with Gasteiger partial charge < -0.3 is 20.7 Å². The number of rotatable bonds is 5. The molecular formula is C20H25N6O7P. The first-order valence-electron chi connectivity index (χ1n) is 10.7. The topological polar surface area (TPSA) is 177 Å². The maximum Gasteiger partial charge on any atom is 0.475 e. The minimum atomic E-state index is -3.95. The lowest BCUT2D eigenvalue weighted by Crippen LogP contribution is -2.44. The van der Waals surface area contributed by atoms with Gasteiger partial charge in [-0.2, -0.15) is 0 Å². The van der Waals surface area contributed by atoms with E-state index in [0.29, 0.717) is 17.6 Å². The zero-order chi connectivity index (χ0) is 24.1. The number of anilines is 1. The van der Waals surface area contributed by atoms with E-state index in [9.17, 15) is 14.8 Å². The van der Waals surface area contributed by atoms with Crippen molar-refractivity contribution in [2.24, 2.45) is 0 Å². The van der Waals surface area contributed by atoms with Crippen molar-refractivity contribution < 1.29 is 33.1 Å². The molecule has 3 aromatic rings. The van der Waals surface area contributed by atoms with Gasteiger partial charge in [0, 0.05) is 24.4 Å². The Hall–Kier alpha value is -2.51. The van der Waals surface area contributed by atoms with Crippen molar-refractivity contribution in [1.29, 1.82) is 0 Å². The SMILES string of the molecule is Cc1cncc([C@@H]2CCO[P@](=O)(OC[C@H]3O[C@@H](n4cnc5c(N)ncnc54)[C@](C)(O)[C@@H]3O)O2)c1. The standard InChI is InChI=1S/C20H25N6O7P/c1-11-5-12(7-22-6-11)13-3-4-30-34(29,33-13)31-8-14-16(27)20(2,28)19(32-14)26-10-25-15-17(21)23-9-24-18(15)26/h5-7,9-10,13-14,16,19,27-28H,3-4,8H2,1-2H3,(H2,21,23,24)/t13-,14+,16+,19+,20+,34+/m0/s1. The van der Waals surface area contributed by atoms with Gasteiger partial charge in [0.25, 0.3) is 0 Å². The van der Waals surface area contributed by atoms with Gasteiger partial charge in [-0.3, -0.25) is 23.1 Å². The number of hydrogen-bond acceptors (Lipinski definition) is 12. The molecule has 5 heterocycles. The van der Waals surface area contributed by atoms with Gasteiger partial charge in [0.1, 0.15) is 29.7 Å². The summed E-state index contributed by atoms with van der Waals surface area (Å²) in [5.74, 6) is 0.171. The second kappa shape index (κ2) is 8.61. The fourth-order valence-corrected chi connectivity index (χ4v) is 5.54. The van der Waals surface area contributed by atoms with Crippen LogP contribution < -0.4 is 5.73 Å². The first kappa shape index (κ1) is 23.2. The Labute approximate surface area is 194 Å². The highest BCUT2D eigenvalue weighted by Gasteiger charge is 2.54. The van der Waals surface area contributed by atoms with Gasteiger partial charge in [0.2, 0.25) is 0 Å². The monoisotopic (exact) mass is 492 g/mol. The van der Waals surface area contributed by atoms with E-state index in [-0.39, 0.29) is 19.0 Å². The number of pyridine rings is 1. The van der Waals surface area contributed by atoms with Gasteiger partial charge in [-0.1, -0.05) is 6.07 Å². The molecular weight excluding hydrogens is 467 g/mol. The lowest BCUT2D eigenvalue weighted by atomic mass is 9.96. The van der Waals surface area contributed by atoms with Crippen LogP contribution >= 0.6 is 7.82 Å². The molecule has 5 rings (SSSR count). The number of phosphoric ester groups is 1. The zero-order valence-corrected chi connectivity index (χ0v) is 19.4. The van der Waals surface area contributed by atoms with E-state index in [1.54, 1.807) is 12.4 Å². The molecule has 2 aliphatic heterocycles. The summed E-state index contributed by atoms with van der Waals surface area (Å²) in [5.41, 5.74) is 6.45. The molecule has 182 valence electrons. The van der Waals surface area contributed by atoms with Gasteiger partial charge in [-0.25, -0.2) is 19.5 Å².